The maximum atomic E-state index is 12.5. The molecule has 1 aliphatic carbocycles. The second-order valence-corrected chi connectivity index (χ2v) is 6.28. The van der Waals surface area contributed by atoms with E-state index in [4.69, 9.17) is 9.47 Å². The summed E-state index contributed by atoms with van der Waals surface area (Å²) in [6, 6.07) is 0.113. The van der Waals surface area contributed by atoms with Gasteiger partial charge < -0.3 is 14.5 Å². The van der Waals surface area contributed by atoms with Crippen LogP contribution in [0.4, 0.5) is 0 Å². The lowest BCUT2D eigenvalue weighted by Crippen LogP contribution is -2.23. The third-order valence-corrected chi connectivity index (χ3v) is 4.49. The Labute approximate surface area is 150 Å². The molecule has 7 nitrogen and oxygen atoms in total. The summed E-state index contributed by atoms with van der Waals surface area (Å²) in [4.78, 5) is 20.0. The maximum Gasteiger partial charge on any atom is 0.262 e. The van der Waals surface area contributed by atoms with Gasteiger partial charge >= 0.3 is 0 Å². The second-order valence-electron chi connectivity index (χ2n) is 6.28. The van der Waals surface area contributed by atoms with E-state index in [9.17, 15) is 4.79 Å². The first-order valence-electron chi connectivity index (χ1n) is 8.84. The fourth-order valence-electron chi connectivity index (χ4n) is 3.25. The van der Waals surface area contributed by atoms with Gasteiger partial charge in [0.25, 0.3) is 5.56 Å². The van der Waals surface area contributed by atoms with Crippen LogP contribution < -0.4 is 5.56 Å². The van der Waals surface area contributed by atoms with E-state index in [1.165, 1.54) is 0 Å². The number of fused-ring (bicyclic) bond motifs is 1. The van der Waals surface area contributed by atoms with E-state index < -0.39 is 0 Å². The highest BCUT2D eigenvalue weighted by Crippen LogP contribution is 2.23. The van der Waals surface area contributed by atoms with E-state index in [0.29, 0.717) is 42.3 Å². The van der Waals surface area contributed by atoms with Crippen LogP contribution in [-0.2, 0) is 15.9 Å². The third-order valence-electron chi connectivity index (χ3n) is 4.49. The smallest absolute Gasteiger partial charge is 0.262 e. The fourth-order valence-corrected chi connectivity index (χ4v) is 3.25. The second kappa shape index (κ2) is 7.18. The van der Waals surface area contributed by atoms with E-state index >= 15 is 0 Å². The molecule has 134 valence electrons. The van der Waals surface area contributed by atoms with Gasteiger partial charge in [-0.25, -0.2) is 9.67 Å². The number of hydrogen-bond acceptors (Lipinski definition) is 5. The molecular weight excluding hydrogens is 332 g/mol. The molecule has 1 saturated heterocycles. The highest BCUT2D eigenvalue weighted by Gasteiger charge is 2.21. The molecular formula is C19H20N4O3. The third kappa shape index (κ3) is 3.16. The van der Waals surface area contributed by atoms with Gasteiger partial charge in [-0.3, -0.25) is 4.79 Å². The van der Waals surface area contributed by atoms with Crippen molar-refractivity contribution in [2.75, 3.05) is 19.8 Å². The average Bonchev–Trinajstić information content (AvgIpc) is 3.09. The number of aromatic amines is 1. The number of rotatable bonds is 5. The van der Waals surface area contributed by atoms with Crippen LogP contribution in [0.2, 0.25) is 0 Å². The van der Waals surface area contributed by atoms with Gasteiger partial charge in [0.05, 0.1) is 25.5 Å². The molecule has 2 aliphatic rings. The van der Waals surface area contributed by atoms with Gasteiger partial charge in [-0.05, 0) is 37.6 Å². The topological polar surface area (TPSA) is 82.0 Å². The molecule has 2 aromatic rings. The largest absolute Gasteiger partial charge is 0.485 e. The highest BCUT2D eigenvalue weighted by atomic mass is 16.5. The predicted octanol–water partition coefficient (Wildman–Crippen LogP) is 2.18. The van der Waals surface area contributed by atoms with Gasteiger partial charge in [0.15, 0.2) is 11.4 Å². The number of allylic oxidation sites excluding steroid dienone is 3. The molecule has 26 heavy (non-hydrogen) atoms. The first-order valence-corrected chi connectivity index (χ1v) is 8.84. The quantitative estimate of drug-likeness (QED) is 0.834. The molecule has 0 spiro atoms. The number of nitrogens with one attached hydrogen (secondary N) is 1. The van der Waals surface area contributed by atoms with Crippen molar-refractivity contribution in [3.05, 3.63) is 57.3 Å². The van der Waals surface area contributed by atoms with Crippen molar-refractivity contribution in [1.82, 2.24) is 19.7 Å². The van der Waals surface area contributed by atoms with Crippen LogP contribution in [0, 0.1) is 0 Å². The van der Waals surface area contributed by atoms with Crippen molar-refractivity contribution in [1.29, 1.82) is 0 Å². The van der Waals surface area contributed by atoms with Gasteiger partial charge in [-0.2, -0.15) is 5.10 Å². The van der Waals surface area contributed by atoms with Gasteiger partial charge in [0, 0.05) is 18.6 Å². The first-order chi connectivity index (χ1) is 12.8. The average molecular weight is 352 g/mol. The minimum absolute atomic E-state index is 0.113. The van der Waals surface area contributed by atoms with E-state index in [1.807, 2.05) is 17.7 Å². The SMILES string of the molecule is CCOC1=C=C=CC=C1Cc1nc2c(cnn2C2CCCOC2)c(=O)[nH]1. The van der Waals surface area contributed by atoms with Gasteiger partial charge in [0.2, 0.25) is 0 Å². The molecule has 1 aliphatic heterocycles. The summed E-state index contributed by atoms with van der Waals surface area (Å²) in [5, 5.41) is 4.89. The zero-order chi connectivity index (χ0) is 17.9. The monoisotopic (exact) mass is 352 g/mol. The molecule has 0 saturated carbocycles. The molecule has 2 aromatic heterocycles. The van der Waals surface area contributed by atoms with Crippen LogP contribution in [-0.4, -0.2) is 39.6 Å². The molecule has 0 amide bonds. The van der Waals surface area contributed by atoms with Crippen molar-refractivity contribution >= 4 is 11.0 Å². The Bertz CT molecular complexity index is 1010. The Morgan fingerprint density at radius 2 is 2.42 bits per heavy atom. The lowest BCUT2D eigenvalue weighted by molar-refractivity contribution is 0.0563. The van der Waals surface area contributed by atoms with E-state index in [-0.39, 0.29) is 11.6 Å². The van der Waals surface area contributed by atoms with Crippen LogP contribution in [0.1, 0.15) is 31.6 Å². The van der Waals surface area contributed by atoms with Gasteiger partial charge in [-0.15, -0.1) is 0 Å². The molecule has 0 radical (unpaired) electrons. The maximum absolute atomic E-state index is 12.5. The van der Waals surface area contributed by atoms with Crippen LogP contribution in [0.5, 0.6) is 0 Å². The van der Waals surface area contributed by atoms with Crippen LogP contribution in [0.3, 0.4) is 0 Å². The van der Waals surface area contributed by atoms with Gasteiger partial charge in [0.1, 0.15) is 11.2 Å². The van der Waals surface area contributed by atoms with Crippen molar-refractivity contribution in [3.8, 4) is 0 Å². The Morgan fingerprint density at radius 3 is 3.23 bits per heavy atom. The zero-order valence-corrected chi connectivity index (χ0v) is 14.6. The van der Waals surface area contributed by atoms with Crippen molar-refractivity contribution in [2.45, 2.75) is 32.2 Å². The number of H-pyrrole nitrogens is 1. The Morgan fingerprint density at radius 1 is 1.50 bits per heavy atom. The summed E-state index contributed by atoms with van der Waals surface area (Å²) in [6.07, 6.45) is 7.65. The Kier molecular flexibility index (Phi) is 4.59. The fraction of sp³-hybridized carbons (Fsp3) is 0.421. The molecule has 7 heteroatoms. The molecule has 1 unspecified atom stereocenters. The molecule has 1 fully saturated rings. The first kappa shape index (κ1) is 16.6. The Balaban J connectivity index is 1.68. The summed E-state index contributed by atoms with van der Waals surface area (Å²) in [6.45, 7) is 3.83. The predicted molar refractivity (Wildman–Crippen MR) is 95.8 cm³/mol. The molecule has 4 rings (SSSR count). The summed E-state index contributed by atoms with van der Waals surface area (Å²) >= 11 is 0. The molecule has 3 heterocycles. The zero-order valence-electron chi connectivity index (χ0n) is 14.6. The van der Waals surface area contributed by atoms with Crippen molar-refractivity contribution in [3.63, 3.8) is 0 Å². The van der Waals surface area contributed by atoms with E-state index in [2.05, 4.69) is 26.5 Å². The summed E-state index contributed by atoms with van der Waals surface area (Å²) in [7, 11) is 0. The highest BCUT2D eigenvalue weighted by molar-refractivity contribution is 5.73. The minimum atomic E-state index is -0.183. The van der Waals surface area contributed by atoms with Gasteiger partial charge in [-0.1, -0.05) is 5.73 Å². The summed E-state index contributed by atoms with van der Waals surface area (Å²) in [5.41, 5.74) is 7.18. The summed E-state index contributed by atoms with van der Waals surface area (Å²) < 4.78 is 13.0. The standard InChI is InChI=1S/C19H20N4O3/c1-2-26-16-8-4-3-6-13(16)10-17-21-18-15(19(24)22-17)11-20-23(18)14-7-5-9-25-12-14/h3,6,11,14H,2,5,7,9-10,12H2,1H3,(H,21,22,24). The number of ether oxygens (including phenoxy) is 2. The van der Waals surface area contributed by atoms with E-state index in [1.54, 1.807) is 12.3 Å². The van der Waals surface area contributed by atoms with Crippen LogP contribution >= 0.6 is 0 Å². The molecule has 0 aromatic carbocycles. The minimum Gasteiger partial charge on any atom is -0.485 e. The molecule has 0 bridgehead atoms. The van der Waals surface area contributed by atoms with Crippen molar-refractivity contribution in [2.24, 2.45) is 0 Å². The molecule has 1 N–H and O–H groups in total. The number of hydrogen-bond donors (Lipinski definition) is 1. The van der Waals surface area contributed by atoms with E-state index in [0.717, 1.165) is 25.0 Å². The molecule has 1 atom stereocenters. The van der Waals surface area contributed by atoms with Crippen LogP contribution in [0.25, 0.3) is 11.0 Å². The normalized spacial score (nSPS) is 19.5. The lowest BCUT2D eigenvalue weighted by Gasteiger charge is -2.22. The number of aromatic nitrogens is 4. The Hall–Kier alpha value is -2.85. The van der Waals surface area contributed by atoms with Crippen molar-refractivity contribution < 1.29 is 9.47 Å². The summed E-state index contributed by atoms with van der Waals surface area (Å²) in [5.74, 6) is 1.20. The van der Waals surface area contributed by atoms with Crippen LogP contribution in [0.15, 0.2) is 45.9 Å². The lowest BCUT2D eigenvalue weighted by atomic mass is 10.1. The number of nitrogens with zero attached hydrogens (tertiary/aromatic N) is 3.